The highest BCUT2D eigenvalue weighted by Gasteiger charge is 2.19. The van der Waals surface area contributed by atoms with Crippen LogP contribution >= 0.6 is 0 Å². The minimum atomic E-state index is -0.523. The molecule has 0 heterocycles. The Balaban J connectivity index is 4.06. The molecule has 1 atom stereocenters. The van der Waals surface area contributed by atoms with Crippen LogP contribution in [0.25, 0.3) is 0 Å². The average molecular weight is 143 g/mol. The second-order valence-corrected chi connectivity index (χ2v) is 2.43. The Morgan fingerprint density at radius 3 is 2.20 bits per heavy atom. The Morgan fingerprint density at radius 2 is 2.10 bits per heavy atom. The molecule has 0 aromatic rings. The van der Waals surface area contributed by atoms with Gasteiger partial charge in [-0.25, -0.2) is 5.53 Å². The summed E-state index contributed by atoms with van der Waals surface area (Å²) in [4.78, 5) is 10.9. The van der Waals surface area contributed by atoms with Crippen LogP contribution in [-0.2, 0) is 4.79 Å². The fraction of sp³-hybridized carbons (Fsp3) is 0.833. The van der Waals surface area contributed by atoms with Gasteiger partial charge in [0.2, 0.25) is 5.91 Å². The first kappa shape index (κ1) is 9.07. The fourth-order valence-corrected chi connectivity index (χ4v) is 0.658. The SMILES string of the molecule is CNC(=O)C(N=N)C(C)C. The summed E-state index contributed by atoms with van der Waals surface area (Å²) in [6.45, 7) is 3.72. The Hall–Kier alpha value is -0.930. The zero-order valence-electron chi connectivity index (χ0n) is 6.51. The third kappa shape index (κ3) is 2.13. The number of rotatable bonds is 3. The quantitative estimate of drug-likeness (QED) is 0.563. The van der Waals surface area contributed by atoms with E-state index in [0.29, 0.717) is 0 Å². The summed E-state index contributed by atoms with van der Waals surface area (Å²) in [5.41, 5.74) is 6.69. The molecule has 0 saturated carbocycles. The lowest BCUT2D eigenvalue weighted by Crippen LogP contribution is -2.33. The number of carbonyl (C=O) groups excluding carboxylic acids is 1. The monoisotopic (exact) mass is 143 g/mol. The minimum Gasteiger partial charge on any atom is -0.357 e. The van der Waals surface area contributed by atoms with Crippen LogP contribution in [0.15, 0.2) is 5.11 Å². The molecular formula is C6H13N3O. The molecule has 2 N–H and O–H groups in total. The second-order valence-electron chi connectivity index (χ2n) is 2.43. The summed E-state index contributed by atoms with van der Waals surface area (Å²) in [5, 5.41) is 5.64. The molecule has 0 aromatic heterocycles. The lowest BCUT2D eigenvalue weighted by Gasteiger charge is -2.11. The van der Waals surface area contributed by atoms with Gasteiger partial charge < -0.3 is 5.32 Å². The summed E-state index contributed by atoms with van der Waals surface area (Å²) in [5.74, 6) is -0.0950. The Bertz CT molecular complexity index is 133. The molecule has 0 aliphatic rings. The van der Waals surface area contributed by atoms with E-state index < -0.39 is 6.04 Å². The van der Waals surface area contributed by atoms with E-state index >= 15 is 0 Å². The van der Waals surface area contributed by atoms with Crippen molar-refractivity contribution in [3.05, 3.63) is 0 Å². The van der Waals surface area contributed by atoms with E-state index in [2.05, 4.69) is 10.4 Å². The van der Waals surface area contributed by atoms with E-state index in [1.165, 1.54) is 0 Å². The smallest absolute Gasteiger partial charge is 0.246 e. The number of nitrogens with one attached hydrogen (secondary N) is 2. The van der Waals surface area contributed by atoms with E-state index in [-0.39, 0.29) is 11.8 Å². The van der Waals surface area contributed by atoms with Gasteiger partial charge in [0, 0.05) is 7.05 Å². The summed E-state index contributed by atoms with van der Waals surface area (Å²) in [6, 6.07) is -0.523. The van der Waals surface area contributed by atoms with Crippen molar-refractivity contribution < 1.29 is 4.79 Å². The highest BCUT2D eigenvalue weighted by molar-refractivity contribution is 5.81. The number of carbonyl (C=O) groups is 1. The van der Waals surface area contributed by atoms with Crippen LogP contribution in [0.5, 0.6) is 0 Å². The number of hydrogen-bond acceptors (Lipinski definition) is 3. The van der Waals surface area contributed by atoms with E-state index in [4.69, 9.17) is 5.53 Å². The predicted octanol–water partition coefficient (Wildman–Crippen LogP) is 0.788. The zero-order valence-corrected chi connectivity index (χ0v) is 6.51. The number of likely N-dealkylation sites (N-methyl/N-ethyl adjacent to an activating group) is 1. The molecule has 1 amide bonds. The van der Waals surface area contributed by atoms with E-state index in [0.717, 1.165) is 0 Å². The Labute approximate surface area is 60.5 Å². The third-order valence-corrected chi connectivity index (χ3v) is 1.29. The molecule has 0 radical (unpaired) electrons. The van der Waals surface area contributed by atoms with Gasteiger partial charge in [-0.15, -0.1) is 0 Å². The average Bonchev–Trinajstić information content (AvgIpc) is 1.88. The first-order valence-electron chi connectivity index (χ1n) is 3.21. The van der Waals surface area contributed by atoms with Gasteiger partial charge >= 0.3 is 0 Å². The topological polar surface area (TPSA) is 65.3 Å². The summed E-state index contributed by atoms with van der Waals surface area (Å²) < 4.78 is 0. The van der Waals surface area contributed by atoms with Crippen molar-refractivity contribution in [2.24, 2.45) is 11.0 Å². The molecule has 0 fully saturated rings. The fourth-order valence-electron chi connectivity index (χ4n) is 0.658. The number of nitrogens with zero attached hydrogens (tertiary/aromatic N) is 1. The summed E-state index contributed by atoms with van der Waals surface area (Å²) in [7, 11) is 1.54. The number of amides is 1. The van der Waals surface area contributed by atoms with E-state index in [9.17, 15) is 4.79 Å². The van der Waals surface area contributed by atoms with Gasteiger partial charge in [-0.2, -0.15) is 5.11 Å². The Morgan fingerprint density at radius 1 is 1.60 bits per heavy atom. The molecule has 4 nitrogen and oxygen atoms in total. The molecule has 0 spiro atoms. The molecule has 1 unspecified atom stereocenters. The first-order chi connectivity index (χ1) is 4.63. The normalized spacial score (nSPS) is 12.8. The van der Waals surface area contributed by atoms with Crippen LogP contribution in [0, 0.1) is 11.4 Å². The van der Waals surface area contributed by atoms with Gasteiger partial charge in [0.25, 0.3) is 0 Å². The van der Waals surface area contributed by atoms with Crippen molar-refractivity contribution in [3.63, 3.8) is 0 Å². The van der Waals surface area contributed by atoms with Crippen LogP contribution < -0.4 is 5.32 Å². The molecule has 4 heteroatoms. The maximum atomic E-state index is 10.9. The maximum absolute atomic E-state index is 10.9. The highest BCUT2D eigenvalue weighted by Crippen LogP contribution is 2.04. The molecule has 0 bridgehead atoms. The number of hydrogen-bond donors (Lipinski definition) is 2. The van der Waals surface area contributed by atoms with Crippen molar-refractivity contribution >= 4 is 5.91 Å². The first-order valence-corrected chi connectivity index (χ1v) is 3.21. The molecule has 0 aromatic carbocycles. The van der Waals surface area contributed by atoms with Gasteiger partial charge in [0.05, 0.1) is 0 Å². The molecule has 10 heavy (non-hydrogen) atoms. The van der Waals surface area contributed by atoms with Gasteiger partial charge in [0.15, 0.2) is 6.04 Å². The molecule has 0 aliphatic heterocycles. The highest BCUT2D eigenvalue weighted by atomic mass is 16.2. The standard InChI is InChI=1S/C6H13N3O/c1-4(2)5(9-7)6(10)8-3/h4-5,7H,1-3H3,(H,8,10). The van der Waals surface area contributed by atoms with Crippen LogP contribution in [0.1, 0.15) is 13.8 Å². The van der Waals surface area contributed by atoms with Crippen LogP contribution in [0.3, 0.4) is 0 Å². The Kier molecular flexibility index (Phi) is 3.61. The van der Waals surface area contributed by atoms with Crippen LogP contribution in [0.4, 0.5) is 0 Å². The predicted molar refractivity (Wildman–Crippen MR) is 37.8 cm³/mol. The maximum Gasteiger partial charge on any atom is 0.246 e. The van der Waals surface area contributed by atoms with Crippen molar-refractivity contribution in [2.75, 3.05) is 7.05 Å². The second kappa shape index (κ2) is 3.98. The summed E-state index contributed by atoms with van der Waals surface area (Å²) >= 11 is 0. The van der Waals surface area contributed by atoms with Crippen LogP contribution in [0.2, 0.25) is 0 Å². The molecule has 0 saturated heterocycles. The van der Waals surface area contributed by atoms with Crippen molar-refractivity contribution in [1.29, 1.82) is 5.53 Å². The lowest BCUT2D eigenvalue weighted by molar-refractivity contribution is -0.122. The van der Waals surface area contributed by atoms with Crippen LogP contribution in [-0.4, -0.2) is 19.0 Å². The minimum absolute atomic E-state index is 0.0949. The lowest BCUT2D eigenvalue weighted by atomic mass is 10.1. The third-order valence-electron chi connectivity index (χ3n) is 1.29. The van der Waals surface area contributed by atoms with E-state index in [1.54, 1.807) is 7.05 Å². The van der Waals surface area contributed by atoms with Crippen molar-refractivity contribution in [1.82, 2.24) is 5.32 Å². The van der Waals surface area contributed by atoms with Gasteiger partial charge in [-0.3, -0.25) is 4.79 Å². The molecule has 0 aliphatic carbocycles. The zero-order chi connectivity index (χ0) is 8.15. The summed E-state index contributed by atoms with van der Waals surface area (Å²) in [6.07, 6.45) is 0. The largest absolute Gasteiger partial charge is 0.357 e. The van der Waals surface area contributed by atoms with Gasteiger partial charge in [0.1, 0.15) is 0 Å². The van der Waals surface area contributed by atoms with Crippen molar-refractivity contribution in [2.45, 2.75) is 19.9 Å². The molecule has 0 rings (SSSR count). The molecular weight excluding hydrogens is 130 g/mol. The van der Waals surface area contributed by atoms with Gasteiger partial charge in [-0.1, -0.05) is 13.8 Å². The van der Waals surface area contributed by atoms with Crippen molar-refractivity contribution in [3.8, 4) is 0 Å². The van der Waals surface area contributed by atoms with Gasteiger partial charge in [-0.05, 0) is 5.92 Å². The van der Waals surface area contributed by atoms with E-state index in [1.807, 2.05) is 13.8 Å². The molecule has 58 valence electrons.